The summed E-state index contributed by atoms with van der Waals surface area (Å²) in [6.07, 6.45) is 2.22. The van der Waals surface area contributed by atoms with E-state index in [1.165, 1.54) is 0 Å². The Morgan fingerprint density at radius 2 is 2.05 bits per heavy atom. The van der Waals surface area contributed by atoms with Crippen molar-refractivity contribution in [3.05, 3.63) is 46.0 Å². The number of ketones is 1. The maximum Gasteiger partial charge on any atom is 0.216 e. The third kappa shape index (κ3) is 2.59. The number of hydrogen-bond donors (Lipinski definition) is 2. The Labute approximate surface area is 132 Å². The lowest BCUT2D eigenvalue weighted by Crippen LogP contribution is -2.54. The van der Waals surface area contributed by atoms with Crippen LogP contribution in [0.15, 0.2) is 40.4 Å². The summed E-state index contributed by atoms with van der Waals surface area (Å²) in [5.41, 5.74) is 1.58. The highest BCUT2D eigenvalue weighted by atomic mass is 79.9. The number of aliphatic hydroxyl groups excluding tert-OH is 2. The first-order valence-electron chi connectivity index (χ1n) is 7.18. The van der Waals surface area contributed by atoms with Crippen molar-refractivity contribution in [1.82, 2.24) is 0 Å². The van der Waals surface area contributed by atoms with E-state index in [4.69, 9.17) is 0 Å². The molecule has 0 spiro atoms. The van der Waals surface area contributed by atoms with E-state index in [0.717, 1.165) is 23.1 Å². The van der Waals surface area contributed by atoms with Gasteiger partial charge in [0.05, 0.1) is 19.7 Å². The van der Waals surface area contributed by atoms with Gasteiger partial charge >= 0.3 is 0 Å². The fourth-order valence-electron chi connectivity index (χ4n) is 3.69. The quantitative estimate of drug-likeness (QED) is 0.490. The molecule has 2 aliphatic rings. The highest BCUT2D eigenvalue weighted by Gasteiger charge is 2.52. The molecule has 0 saturated carbocycles. The molecule has 112 valence electrons. The number of quaternary nitrogens is 1. The summed E-state index contributed by atoms with van der Waals surface area (Å²) in [5, 5.41) is 19.6. The number of rotatable bonds is 4. The minimum Gasteiger partial charge on any atom is -0.392 e. The standard InChI is InChI=1S/C16H19BrNO3/c17-13-3-1-11(2-4-13)15(21)9-18-7-5-12(10-19)16(18)14(20)6-8-18/h1-5,14,16,19-20H,6-10H2/q+1. The van der Waals surface area contributed by atoms with Gasteiger partial charge in [0.1, 0.15) is 18.7 Å². The third-order valence-corrected chi connectivity index (χ3v) is 5.26. The van der Waals surface area contributed by atoms with Crippen LogP contribution in [-0.2, 0) is 0 Å². The average Bonchev–Trinajstić information content (AvgIpc) is 2.98. The predicted molar refractivity (Wildman–Crippen MR) is 82.9 cm³/mol. The zero-order valence-electron chi connectivity index (χ0n) is 11.7. The molecule has 0 aromatic heterocycles. The van der Waals surface area contributed by atoms with Gasteiger partial charge in [0.2, 0.25) is 5.78 Å². The zero-order chi connectivity index (χ0) is 15.0. The van der Waals surface area contributed by atoms with Gasteiger partial charge in [-0.15, -0.1) is 0 Å². The van der Waals surface area contributed by atoms with Gasteiger partial charge in [0, 0.05) is 22.0 Å². The molecule has 2 N–H and O–H groups in total. The van der Waals surface area contributed by atoms with Crippen molar-refractivity contribution in [2.75, 3.05) is 26.2 Å². The highest BCUT2D eigenvalue weighted by Crippen LogP contribution is 2.37. The third-order valence-electron chi connectivity index (χ3n) is 4.73. The fraction of sp³-hybridized carbons (Fsp3) is 0.438. The van der Waals surface area contributed by atoms with E-state index < -0.39 is 6.10 Å². The number of benzene rings is 1. The monoisotopic (exact) mass is 352 g/mol. The lowest BCUT2D eigenvalue weighted by molar-refractivity contribution is -0.917. The summed E-state index contributed by atoms with van der Waals surface area (Å²) >= 11 is 3.37. The number of halogens is 1. The van der Waals surface area contributed by atoms with Gasteiger partial charge in [-0.2, -0.15) is 0 Å². The normalized spacial score (nSPS) is 31.1. The topological polar surface area (TPSA) is 57.5 Å². The Morgan fingerprint density at radius 1 is 1.33 bits per heavy atom. The maximum atomic E-state index is 12.6. The molecule has 0 amide bonds. The van der Waals surface area contributed by atoms with Crippen molar-refractivity contribution in [2.45, 2.75) is 18.6 Å². The largest absolute Gasteiger partial charge is 0.392 e. The van der Waals surface area contributed by atoms with E-state index >= 15 is 0 Å². The molecule has 0 bridgehead atoms. The minimum absolute atomic E-state index is 0.0335. The molecule has 1 fully saturated rings. The summed E-state index contributed by atoms with van der Waals surface area (Å²) in [4.78, 5) is 12.6. The molecule has 2 aliphatic heterocycles. The van der Waals surface area contributed by atoms with Crippen LogP contribution < -0.4 is 0 Å². The summed E-state index contributed by atoms with van der Waals surface area (Å²) in [7, 11) is 0. The molecule has 3 unspecified atom stereocenters. The van der Waals surface area contributed by atoms with Crippen LogP contribution in [0.2, 0.25) is 0 Å². The summed E-state index contributed by atoms with van der Waals surface area (Å²) in [5.74, 6) is 0.0918. The van der Waals surface area contributed by atoms with E-state index in [9.17, 15) is 15.0 Å². The molecule has 5 heteroatoms. The fourth-order valence-corrected chi connectivity index (χ4v) is 3.95. The molecule has 1 aromatic carbocycles. The second kappa shape index (κ2) is 5.65. The average molecular weight is 353 g/mol. The zero-order valence-corrected chi connectivity index (χ0v) is 13.3. The highest BCUT2D eigenvalue weighted by molar-refractivity contribution is 9.10. The van der Waals surface area contributed by atoms with Crippen molar-refractivity contribution < 1.29 is 19.5 Å². The van der Waals surface area contributed by atoms with Gasteiger partial charge in [-0.25, -0.2) is 0 Å². The van der Waals surface area contributed by atoms with Crippen molar-refractivity contribution in [3.8, 4) is 0 Å². The number of fused-ring (bicyclic) bond motifs is 1. The second-order valence-electron chi connectivity index (χ2n) is 5.95. The molecule has 1 saturated heterocycles. The van der Waals surface area contributed by atoms with Crippen LogP contribution in [0.3, 0.4) is 0 Å². The van der Waals surface area contributed by atoms with Crippen molar-refractivity contribution >= 4 is 21.7 Å². The maximum absolute atomic E-state index is 12.6. The molecule has 21 heavy (non-hydrogen) atoms. The Morgan fingerprint density at radius 3 is 2.71 bits per heavy atom. The van der Waals surface area contributed by atoms with Crippen molar-refractivity contribution in [3.63, 3.8) is 0 Å². The minimum atomic E-state index is -0.455. The number of carbonyl (C=O) groups is 1. The Balaban J connectivity index is 1.81. The molecule has 4 nitrogen and oxygen atoms in total. The van der Waals surface area contributed by atoms with Crippen molar-refractivity contribution in [2.24, 2.45) is 0 Å². The van der Waals surface area contributed by atoms with Gasteiger partial charge in [-0.3, -0.25) is 4.79 Å². The molecule has 3 rings (SSSR count). The molecule has 2 heterocycles. The van der Waals surface area contributed by atoms with Gasteiger partial charge in [0.25, 0.3) is 0 Å². The smallest absolute Gasteiger partial charge is 0.216 e. The number of Topliss-reactive ketones (excluding diaryl/α,β-unsaturated/α-hetero) is 1. The van der Waals surface area contributed by atoms with Crippen LogP contribution in [0.25, 0.3) is 0 Å². The Kier molecular flexibility index (Phi) is 4.01. The van der Waals surface area contributed by atoms with E-state index in [1.54, 1.807) is 0 Å². The summed E-state index contributed by atoms with van der Waals surface area (Å²) in [6.45, 7) is 1.85. The van der Waals surface area contributed by atoms with Gasteiger partial charge < -0.3 is 14.7 Å². The van der Waals surface area contributed by atoms with E-state index in [1.807, 2.05) is 30.3 Å². The van der Waals surface area contributed by atoms with Crippen LogP contribution in [0.4, 0.5) is 0 Å². The van der Waals surface area contributed by atoms with Crippen LogP contribution >= 0.6 is 15.9 Å². The van der Waals surface area contributed by atoms with Crippen LogP contribution in [0, 0.1) is 0 Å². The SMILES string of the molecule is O=C(C[N+]12CC=C(CO)C1C(O)CC2)c1ccc(Br)cc1. The second-order valence-corrected chi connectivity index (χ2v) is 6.87. The van der Waals surface area contributed by atoms with Crippen LogP contribution in [0.1, 0.15) is 16.8 Å². The molecular formula is C16H19BrNO3+. The number of aliphatic hydroxyl groups is 2. The van der Waals surface area contributed by atoms with Crippen molar-refractivity contribution in [1.29, 1.82) is 0 Å². The molecule has 3 atom stereocenters. The first-order chi connectivity index (χ1) is 10.1. The van der Waals surface area contributed by atoms with E-state index in [2.05, 4.69) is 15.9 Å². The van der Waals surface area contributed by atoms with Gasteiger partial charge in [0.15, 0.2) is 0 Å². The van der Waals surface area contributed by atoms with Gasteiger partial charge in [-0.1, -0.05) is 28.1 Å². The number of hydrogen-bond acceptors (Lipinski definition) is 3. The molecule has 1 aromatic rings. The Bertz CT molecular complexity index is 584. The first kappa shape index (κ1) is 14.9. The van der Waals surface area contributed by atoms with E-state index in [0.29, 0.717) is 23.0 Å². The molecule has 0 radical (unpaired) electrons. The number of carbonyl (C=O) groups excluding carboxylic acids is 1. The van der Waals surface area contributed by atoms with Gasteiger partial charge in [-0.05, 0) is 18.2 Å². The first-order valence-corrected chi connectivity index (χ1v) is 7.97. The molecule has 0 aliphatic carbocycles. The van der Waals surface area contributed by atoms with E-state index in [-0.39, 0.29) is 18.4 Å². The summed E-state index contributed by atoms with van der Waals surface area (Å²) < 4.78 is 1.51. The lowest BCUT2D eigenvalue weighted by atomic mass is 10.0. The van der Waals surface area contributed by atoms with Crippen LogP contribution in [0.5, 0.6) is 0 Å². The molecular weight excluding hydrogens is 334 g/mol. The lowest BCUT2D eigenvalue weighted by Gasteiger charge is -2.35. The number of nitrogens with zero attached hydrogens (tertiary/aromatic N) is 1. The predicted octanol–water partition coefficient (Wildman–Crippen LogP) is 1.51. The summed E-state index contributed by atoms with van der Waals surface area (Å²) in [6, 6.07) is 7.26. The Hall–Kier alpha value is -1.01. The van der Waals surface area contributed by atoms with Crippen LogP contribution in [-0.4, -0.2) is 58.9 Å².